The highest BCUT2D eigenvalue weighted by molar-refractivity contribution is 7.22. The van der Waals surface area contributed by atoms with Crippen LogP contribution in [0.3, 0.4) is 0 Å². The molecule has 0 fully saturated rings. The Morgan fingerprint density at radius 3 is 2.66 bits per heavy atom. The number of nitrogens with zero attached hydrogens (tertiary/aromatic N) is 1. The van der Waals surface area contributed by atoms with Gasteiger partial charge in [-0.2, -0.15) is 0 Å². The number of esters is 1. The Kier molecular flexibility index (Phi) is 5.54. The number of aromatic nitrogens is 1. The van der Waals surface area contributed by atoms with Crippen LogP contribution >= 0.6 is 34.5 Å². The molecule has 0 saturated heterocycles. The summed E-state index contributed by atoms with van der Waals surface area (Å²) in [6.07, 6.45) is 0. The van der Waals surface area contributed by atoms with Crippen molar-refractivity contribution in [1.82, 2.24) is 4.57 Å². The van der Waals surface area contributed by atoms with Crippen LogP contribution < -0.4 is 5.73 Å². The molecule has 0 atom stereocenters. The van der Waals surface area contributed by atoms with Crippen LogP contribution in [0.5, 0.6) is 0 Å². The van der Waals surface area contributed by atoms with Gasteiger partial charge in [0, 0.05) is 17.1 Å². The number of nitrogens with two attached hydrogens (primary N) is 1. The average molecular weight is 445 g/mol. The Bertz CT molecular complexity index is 1210. The van der Waals surface area contributed by atoms with Gasteiger partial charge in [-0.3, -0.25) is 0 Å². The number of hydrogen-bond acceptors (Lipinski definition) is 4. The Hall–Kier alpha value is -2.47. The largest absolute Gasteiger partial charge is 0.461 e. The molecule has 0 radical (unpaired) electrons. The lowest BCUT2D eigenvalue weighted by atomic mass is 10.1. The SMILES string of the molecule is CCOC(=O)c1cc2sc(-c3cccc(N)c3)cc2n1Cc1ccc(Cl)c(Cl)c1. The number of ether oxygens (including phenoxy) is 1. The first kappa shape index (κ1) is 19.8. The highest BCUT2D eigenvalue weighted by Gasteiger charge is 2.20. The lowest BCUT2D eigenvalue weighted by Crippen LogP contribution is -2.12. The molecular formula is C22H18Cl2N2O2S. The summed E-state index contributed by atoms with van der Waals surface area (Å²) in [7, 11) is 0. The van der Waals surface area contributed by atoms with Gasteiger partial charge in [-0.1, -0.05) is 41.4 Å². The van der Waals surface area contributed by atoms with Crippen molar-refractivity contribution >= 4 is 56.4 Å². The lowest BCUT2D eigenvalue weighted by molar-refractivity contribution is 0.0515. The number of rotatable bonds is 5. The first-order valence-electron chi connectivity index (χ1n) is 9.06. The van der Waals surface area contributed by atoms with Gasteiger partial charge < -0.3 is 15.0 Å². The van der Waals surface area contributed by atoms with Crippen LogP contribution in [0.2, 0.25) is 10.0 Å². The van der Waals surface area contributed by atoms with E-state index in [9.17, 15) is 4.79 Å². The van der Waals surface area contributed by atoms with Crippen LogP contribution in [0.4, 0.5) is 5.69 Å². The normalized spacial score (nSPS) is 11.1. The monoisotopic (exact) mass is 444 g/mol. The Morgan fingerprint density at radius 1 is 1.10 bits per heavy atom. The van der Waals surface area contributed by atoms with E-state index in [1.54, 1.807) is 24.3 Å². The Morgan fingerprint density at radius 2 is 1.93 bits per heavy atom. The van der Waals surface area contributed by atoms with Crippen LogP contribution in [0, 0.1) is 0 Å². The molecule has 0 aliphatic rings. The van der Waals surface area contributed by atoms with E-state index >= 15 is 0 Å². The molecular weight excluding hydrogens is 427 g/mol. The first-order valence-corrected chi connectivity index (χ1v) is 10.6. The van der Waals surface area contributed by atoms with Crippen molar-refractivity contribution in [2.24, 2.45) is 0 Å². The van der Waals surface area contributed by atoms with E-state index in [1.165, 1.54) is 0 Å². The molecule has 4 aromatic rings. The topological polar surface area (TPSA) is 57.2 Å². The zero-order valence-corrected chi connectivity index (χ0v) is 17.9. The fourth-order valence-corrected chi connectivity index (χ4v) is 4.66. The van der Waals surface area contributed by atoms with Gasteiger partial charge in [0.05, 0.1) is 26.9 Å². The third-order valence-electron chi connectivity index (χ3n) is 4.57. The quantitative estimate of drug-likeness (QED) is 0.282. The van der Waals surface area contributed by atoms with Gasteiger partial charge in [0.2, 0.25) is 0 Å². The second-order valence-electron chi connectivity index (χ2n) is 6.57. The number of anilines is 1. The Labute approximate surface area is 182 Å². The maximum absolute atomic E-state index is 12.5. The second kappa shape index (κ2) is 8.11. The number of benzene rings is 2. The molecule has 29 heavy (non-hydrogen) atoms. The van der Waals surface area contributed by atoms with Gasteiger partial charge >= 0.3 is 5.97 Å². The summed E-state index contributed by atoms with van der Waals surface area (Å²) < 4.78 is 8.22. The van der Waals surface area contributed by atoms with Crippen LogP contribution in [-0.4, -0.2) is 17.1 Å². The minimum atomic E-state index is -0.346. The highest BCUT2D eigenvalue weighted by Crippen LogP contribution is 2.37. The maximum atomic E-state index is 12.5. The predicted octanol–water partition coefficient (Wildman–Crippen LogP) is 6.48. The first-order chi connectivity index (χ1) is 14.0. The number of fused-ring (bicyclic) bond motifs is 1. The van der Waals surface area contributed by atoms with Crippen molar-refractivity contribution in [3.8, 4) is 10.4 Å². The van der Waals surface area contributed by atoms with E-state index in [2.05, 4.69) is 6.07 Å². The van der Waals surface area contributed by atoms with Crippen molar-refractivity contribution in [2.75, 3.05) is 12.3 Å². The predicted molar refractivity (Wildman–Crippen MR) is 121 cm³/mol. The molecule has 0 unspecified atom stereocenters. The average Bonchev–Trinajstić information content (AvgIpc) is 3.24. The second-order valence-corrected chi connectivity index (χ2v) is 8.47. The smallest absolute Gasteiger partial charge is 0.355 e. The van der Waals surface area contributed by atoms with Crippen LogP contribution in [0.25, 0.3) is 20.7 Å². The lowest BCUT2D eigenvalue weighted by Gasteiger charge is -2.11. The van der Waals surface area contributed by atoms with E-state index in [1.807, 2.05) is 47.0 Å². The zero-order valence-electron chi connectivity index (χ0n) is 15.6. The maximum Gasteiger partial charge on any atom is 0.355 e. The van der Waals surface area contributed by atoms with Crippen molar-refractivity contribution in [3.05, 3.63) is 75.9 Å². The van der Waals surface area contributed by atoms with E-state index in [0.717, 1.165) is 26.2 Å². The molecule has 0 aliphatic heterocycles. The molecule has 0 saturated carbocycles. The molecule has 2 N–H and O–H groups in total. The number of thiophene rings is 1. The van der Waals surface area contributed by atoms with E-state index in [-0.39, 0.29) is 5.97 Å². The molecule has 2 aromatic heterocycles. The minimum absolute atomic E-state index is 0.318. The number of carbonyl (C=O) groups excluding carboxylic acids is 1. The summed E-state index contributed by atoms with van der Waals surface area (Å²) in [4.78, 5) is 13.6. The summed E-state index contributed by atoms with van der Waals surface area (Å²) in [5, 5.41) is 0.981. The molecule has 4 nitrogen and oxygen atoms in total. The molecule has 148 valence electrons. The van der Waals surface area contributed by atoms with Crippen LogP contribution in [0.1, 0.15) is 23.0 Å². The number of carbonyl (C=O) groups is 1. The third-order valence-corrected chi connectivity index (χ3v) is 6.43. The summed E-state index contributed by atoms with van der Waals surface area (Å²) in [6.45, 7) is 2.59. The fourth-order valence-electron chi connectivity index (χ4n) is 3.24. The van der Waals surface area contributed by atoms with E-state index in [0.29, 0.717) is 34.6 Å². The molecule has 0 bridgehead atoms. The van der Waals surface area contributed by atoms with Gasteiger partial charge in [-0.05, 0) is 54.4 Å². The minimum Gasteiger partial charge on any atom is -0.461 e. The van der Waals surface area contributed by atoms with Crippen molar-refractivity contribution in [1.29, 1.82) is 0 Å². The fraction of sp³-hybridized carbons (Fsp3) is 0.136. The highest BCUT2D eigenvalue weighted by atomic mass is 35.5. The van der Waals surface area contributed by atoms with Crippen molar-refractivity contribution < 1.29 is 9.53 Å². The standard InChI is InChI=1S/C22H18Cl2N2O2S/c1-2-28-22(27)19-11-21-18(10-20(29-21)14-4-3-5-15(25)9-14)26(19)12-13-6-7-16(23)17(24)8-13/h3-11H,2,12,25H2,1H3. The van der Waals surface area contributed by atoms with Gasteiger partial charge in [-0.15, -0.1) is 11.3 Å². The van der Waals surface area contributed by atoms with E-state index < -0.39 is 0 Å². The van der Waals surface area contributed by atoms with Crippen molar-refractivity contribution in [3.63, 3.8) is 0 Å². The summed E-state index contributed by atoms with van der Waals surface area (Å²) >= 11 is 13.8. The van der Waals surface area contributed by atoms with Crippen LogP contribution in [-0.2, 0) is 11.3 Å². The van der Waals surface area contributed by atoms with E-state index in [4.69, 9.17) is 33.7 Å². The number of nitrogen functional groups attached to an aromatic ring is 1. The van der Waals surface area contributed by atoms with Gasteiger partial charge in [0.25, 0.3) is 0 Å². The summed E-state index contributed by atoms with van der Waals surface area (Å²) in [5.41, 5.74) is 10.1. The summed E-state index contributed by atoms with van der Waals surface area (Å²) in [5.74, 6) is -0.346. The van der Waals surface area contributed by atoms with Crippen LogP contribution in [0.15, 0.2) is 54.6 Å². The molecule has 0 amide bonds. The molecule has 2 aromatic carbocycles. The Balaban J connectivity index is 1.82. The molecule has 0 spiro atoms. The molecule has 2 heterocycles. The van der Waals surface area contributed by atoms with Crippen molar-refractivity contribution in [2.45, 2.75) is 13.5 Å². The number of hydrogen-bond donors (Lipinski definition) is 1. The van der Waals surface area contributed by atoms with Gasteiger partial charge in [-0.25, -0.2) is 4.79 Å². The number of halogens is 2. The van der Waals surface area contributed by atoms with Gasteiger partial charge in [0.15, 0.2) is 0 Å². The molecule has 0 aliphatic carbocycles. The summed E-state index contributed by atoms with van der Waals surface area (Å²) in [6, 6.07) is 17.2. The zero-order chi connectivity index (χ0) is 20.5. The third kappa shape index (κ3) is 3.99. The molecule has 4 rings (SSSR count). The molecule has 7 heteroatoms. The van der Waals surface area contributed by atoms with Gasteiger partial charge in [0.1, 0.15) is 5.69 Å².